The van der Waals surface area contributed by atoms with Gasteiger partial charge in [0, 0.05) is 19.7 Å². The number of aliphatic hydroxyl groups is 1. The third kappa shape index (κ3) is 3.43. The normalized spacial score (nSPS) is 21.2. The maximum atomic E-state index is 12.6. The summed E-state index contributed by atoms with van der Waals surface area (Å²) in [6.07, 6.45) is -3.87. The molecule has 2 atom stereocenters. The number of rotatable bonds is 3. The highest BCUT2D eigenvalue weighted by Gasteiger charge is 2.33. The molecular formula is C13H13F3N2O2S. The van der Waals surface area contributed by atoms with Crippen LogP contribution in [-0.4, -0.2) is 33.3 Å². The van der Waals surface area contributed by atoms with Gasteiger partial charge in [0.05, 0.1) is 16.0 Å². The second kappa shape index (κ2) is 6.13. The maximum absolute atomic E-state index is 12.6. The summed E-state index contributed by atoms with van der Waals surface area (Å²) in [7, 11) is -1.70. The standard InChI is InChI=1S/C13H13F3N2O2S/c14-13(15,16)11-1-2-12(10(5-11)6-17)21(20)18-4-3-9(7-18)8-19/h1-2,5,9,19H,3-4,7-8H2. The molecule has 0 radical (unpaired) electrons. The maximum Gasteiger partial charge on any atom is 0.416 e. The molecule has 1 N–H and O–H groups in total. The molecule has 0 saturated carbocycles. The first-order valence-corrected chi connectivity index (χ1v) is 7.36. The van der Waals surface area contributed by atoms with Gasteiger partial charge in [-0.1, -0.05) is 0 Å². The van der Waals surface area contributed by atoms with Crippen LogP contribution in [0.1, 0.15) is 17.5 Å². The Bertz CT molecular complexity index is 598. The van der Waals surface area contributed by atoms with Gasteiger partial charge in [-0.2, -0.15) is 18.4 Å². The predicted octanol–water partition coefficient (Wildman–Crippen LogP) is 1.91. The van der Waals surface area contributed by atoms with Crippen molar-refractivity contribution in [3.8, 4) is 6.07 Å². The molecule has 1 fully saturated rings. The Labute approximate surface area is 122 Å². The fraction of sp³-hybridized carbons (Fsp3) is 0.462. The van der Waals surface area contributed by atoms with Crippen molar-refractivity contribution in [2.24, 2.45) is 5.92 Å². The Hall–Kier alpha value is -1.43. The van der Waals surface area contributed by atoms with E-state index in [1.54, 1.807) is 10.4 Å². The van der Waals surface area contributed by atoms with Crippen LogP contribution in [0.4, 0.5) is 13.2 Å². The topological polar surface area (TPSA) is 64.3 Å². The first-order valence-electron chi connectivity index (χ1n) is 6.26. The van der Waals surface area contributed by atoms with E-state index in [0.717, 1.165) is 12.1 Å². The summed E-state index contributed by atoms with van der Waals surface area (Å²) in [6, 6.07) is 4.30. The number of nitrogens with zero attached hydrogens (tertiary/aromatic N) is 2. The Morgan fingerprint density at radius 2 is 2.19 bits per heavy atom. The molecule has 1 aliphatic rings. The Kier molecular flexibility index (Phi) is 4.66. The molecule has 8 heteroatoms. The monoisotopic (exact) mass is 318 g/mol. The van der Waals surface area contributed by atoms with Crippen molar-refractivity contribution < 1.29 is 22.5 Å². The number of hydrogen-bond donors (Lipinski definition) is 1. The van der Waals surface area contributed by atoms with Crippen molar-refractivity contribution in [3.05, 3.63) is 29.3 Å². The lowest BCUT2D eigenvalue weighted by Crippen LogP contribution is -2.25. The number of benzene rings is 1. The lowest BCUT2D eigenvalue weighted by atomic mass is 10.1. The van der Waals surface area contributed by atoms with Crippen LogP contribution in [0.3, 0.4) is 0 Å². The first kappa shape index (κ1) is 15.9. The molecule has 2 unspecified atom stereocenters. The summed E-state index contributed by atoms with van der Waals surface area (Å²) in [5.41, 5.74) is -1.18. The number of alkyl halides is 3. The van der Waals surface area contributed by atoms with Crippen LogP contribution >= 0.6 is 0 Å². The molecule has 114 valence electrons. The number of aliphatic hydroxyl groups excluding tert-OH is 1. The van der Waals surface area contributed by atoms with Gasteiger partial charge >= 0.3 is 6.18 Å². The second-order valence-electron chi connectivity index (χ2n) is 4.79. The lowest BCUT2D eigenvalue weighted by Gasteiger charge is -2.16. The van der Waals surface area contributed by atoms with Crippen LogP contribution < -0.4 is 0 Å². The second-order valence-corrected chi connectivity index (χ2v) is 6.25. The van der Waals surface area contributed by atoms with Gasteiger partial charge in [-0.25, -0.2) is 8.51 Å². The largest absolute Gasteiger partial charge is 0.416 e. The molecule has 1 aliphatic heterocycles. The van der Waals surface area contributed by atoms with E-state index < -0.39 is 22.7 Å². The smallest absolute Gasteiger partial charge is 0.396 e. The molecule has 0 spiro atoms. The fourth-order valence-electron chi connectivity index (χ4n) is 2.18. The molecule has 1 saturated heterocycles. The average molecular weight is 318 g/mol. The average Bonchev–Trinajstić information content (AvgIpc) is 2.93. The minimum atomic E-state index is -4.54. The quantitative estimate of drug-likeness (QED) is 0.926. The van der Waals surface area contributed by atoms with Crippen LogP contribution in [-0.2, 0) is 17.2 Å². The minimum absolute atomic E-state index is 0.00827. The van der Waals surface area contributed by atoms with Gasteiger partial charge in [0.2, 0.25) is 0 Å². The molecule has 21 heavy (non-hydrogen) atoms. The summed E-state index contributed by atoms with van der Waals surface area (Å²) >= 11 is 0. The summed E-state index contributed by atoms with van der Waals surface area (Å²) in [6.45, 7) is 0.852. The van der Waals surface area contributed by atoms with E-state index in [-0.39, 0.29) is 23.0 Å². The van der Waals surface area contributed by atoms with Crippen molar-refractivity contribution in [2.75, 3.05) is 19.7 Å². The molecule has 0 aromatic heterocycles. The fourth-order valence-corrected chi connectivity index (χ4v) is 3.55. The van der Waals surface area contributed by atoms with Crippen molar-refractivity contribution >= 4 is 11.0 Å². The van der Waals surface area contributed by atoms with Gasteiger partial charge in [0.15, 0.2) is 0 Å². The highest BCUT2D eigenvalue weighted by molar-refractivity contribution is 7.82. The van der Waals surface area contributed by atoms with Crippen LogP contribution in [0, 0.1) is 17.2 Å². The summed E-state index contributed by atoms with van der Waals surface area (Å²) < 4.78 is 51.8. The molecule has 4 nitrogen and oxygen atoms in total. The van der Waals surface area contributed by atoms with E-state index in [1.807, 2.05) is 0 Å². The first-order chi connectivity index (χ1) is 9.86. The Morgan fingerprint density at radius 1 is 1.48 bits per heavy atom. The third-order valence-corrected chi connectivity index (χ3v) is 4.89. The molecule has 0 aliphatic carbocycles. The Morgan fingerprint density at radius 3 is 2.71 bits per heavy atom. The molecule has 0 amide bonds. The third-order valence-electron chi connectivity index (χ3n) is 3.36. The van der Waals surface area contributed by atoms with Gasteiger partial charge in [-0.05, 0) is 30.5 Å². The van der Waals surface area contributed by atoms with Crippen molar-refractivity contribution in [2.45, 2.75) is 17.5 Å². The minimum Gasteiger partial charge on any atom is -0.396 e. The van der Waals surface area contributed by atoms with Gasteiger partial charge in [0.25, 0.3) is 0 Å². The number of halogens is 3. The molecule has 0 bridgehead atoms. The van der Waals surface area contributed by atoms with Crippen molar-refractivity contribution in [3.63, 3.8) is 0 Å². The Balaban J connectivity index is 2.28. The van der Waals surface area contributed by atoms with E-state index in [2.05, 4.69) is 0 Å². The highest BCUT2D eigenvalue weighted by atomic mass is 32.2. The van der Waals surface area contributed by atoms with E-state index in [4.69, 9.17) is 10.4 Å². The van der Waals surface area contributed by atoms with Gasteiger partial charge < -0.3 is 5.11 Å². The van der Waals surface area contributed by atoms with E-state index in [9.17, 15) is 17.4 Å². The predicted molar refractivity (Wildman–Crippen MR) is 69.3 cm³/mol. The van der Waals surface area contributed by atoms with E-state index >= 15 is 0 Å². The molecular weight excluding hydrogens is 305 g/mol. The van der Waals surface area contributed by atoms with Crippen molar-refractivity contribution in [1.82, 2.24) is 4.31 Å². The van der Waals surface area contributed by atoms with E-state index in [1.165, 1.54) is 0 Å². The SMILES string of the molecule is N#Cc1cc(C(F)(F)F)ccc1S(=O)N1CCC(CO)C1. The zero-order valence-electron chi connectivity index (χ0n) is 10.9. The highest BCUT2D eigenvalue weighted by Crippen LogP contribution is 2.32. The summed E-state index contributed by atoms with van der Waals surface area (Å²) in [5.74, 6) is 0.00827. The molecule has 1 aromatic carbocycles. The van der Waals surface area contributed by atoms with Gasteiger partial charge in [-0.3, -0.25) is 0 Å². The number of nitriles is 1. The zero-order valence-corrected chi connectivity index (χ0v) is 11.7. The molecule has 1 heterocycles. The molecule has 2 rings (SSSR count). The number of hydrogen-bond acceptors (Lipinski definition) is 3. The summed E-state index contributed by atoms with van der Waals surface area (Å²) in [4.78, 5) is 0.0732. The van der Waals surface area contributed by atoms with Crippen molar-refractivity contribution in [1.29, 1.82) is 5.26 Å². The van der Waals surface area contributed by atoms with Crippen LogP contribution in [0.25, 0.3) is 0 Å². The van der Waals surface area contributed by atoms with Gasteiger partial charge in [-0.15, -0.1) is 0 Å². The summed E-state index contributed by atoms with van der Waals surface area (Å²) in [5, 5.41) is 18.0. The molecule has 1 aromatic rings. The van der Waals surface area contributed by atoms with Crippen LogP contribution in [0.2, 0.25) is 0 Å². The van der Waals surface area contributed by atoms with Crippen LogP contribution in [0.5, 0.6) is 0 Å². The van der Waals surface area contributed by atoms with Crippen LogP contribution in [0.15, 0.2) is 23.1 Å². The lowest BCUT2D eigenvalue weighted by molar-refractivity contribution is -0.137. The van der Waals surface area contributed by atoms with Gasteiger partial charge in [0.1, 0.15) is 17.1 Å². The van der Waals surface area contributed by atoms with E-state index in [0.29, 0.717) is 25.6 Å². The zero-order chi connectivity index (χ0) is 15.6.